The molecule has 1 atom stereocenters. The molecule has 0 radical (unpaired) electrons. The second kappa shape index (κ2) is 6.36. The summed E-state index contributed by atoms with van der Waals surface area (Å²) >= 11 is 1.73. The van der Waals surface area contributed by atoms with Gasteiger partial charge in [-0.15, -0.1) is 0 Å². The lowest BCUT2D eigenvalue weighted by molar-refractivity contribution is 0.395. The lowest BCUT2D eigenvalue weighted by Gasteiger charge is -2.23. The van der Waals surface area contributed by atoms with E-state index in [-0.39, 0.29) is 5.54 Å². The highest BCUT2D eigenvalue weighted by Crippen LogP contribution is 2.16. The number of rotatable bonds is 5. The molecular weight excluding hydrogens is 230 g/mol. The van der Waals surface area contributed by atoms with Gasteiger partial charge in [0.2, 0.25) is 0 Å². The predicted molar refractivity (Wildman–Crippen MR) is 74.4 cm³/mol. The third kappa shape index (κ3) is 6.64. The van der Waals surface area contributed by atoms with Crippen molar-refractivity contribution in [2.45, 2.75) is 45.3 Å². The standard InChI is InChI=1S/C13H23N3S/c1-10-6-14-12(15-7-10)17-9-11(2)8-16-13(3,4)5/h6-7,11,16H,8-9H2,1-5H3. The maximum Gasteiger partial charge on any atom is 0.187 e. The van der Waals surface area contributed by atoms with Gasteiger partial charge in [-0.25, -0.2) is 9.97 Å². The lowest BCUT2D eigenvalue weighted by Crippen LogP contribution is -2.39. The Bertz CT molecular complexity index is 330. The first-order chi connectivity index (χ1) is 7.87. The van der Waals surface area contributed by atoms with Crippen LogP contribution in [0, 0.1) is 12.8 Å². The van der Waals surface area contributed by atoms with Crippen molar-refractivity contribution < 1.29 is 0 Å². The molecule has 4 heteroatoms. The van der Waals surface area contributed by atoms with E-state index in [1.807, 2.05) is 19.3 Å². The van der Waals surface area contributed by atoms with Crippen LogP contribution in [0.4, 0.5) is 0 Å². The number of nitrogens with zero attached hydrogens (tertiary/aromatic N) is 2. The third-order valence-corrected chi connectivity index (χ3v) is 3.44. The summed E-state index contributed by atoms with van der Waals surface area (Å²) < 4.78 is 0. The van der Waals surface area contributed by atoms with Gasteiger partial charge in [-0.05, 0) is 45.7 Å². The van der Waals surface area contributed by atoms with Crippen molar-refractivity contribution in [1.29, 1.82) is 0 Å². The summed E-state index contributed by atoms with van der Waals surface area (Å²) in [6.07, 6.45) is 3.74. The molecule has 0 fully saturated rings. The SMILES string of the molecule is Cc1cnc(SCC(C)CNC(C)(C)C)nc1. The van der Waals surface area contributed by atoms with Crippen molar-refractivity contribution in [3.05, 3.63) is 18.0 Å². The number of hydrogen-bond donors (Lipinski definition) is 1. The van der Waals surface area contributed by atoms with Crippen LogP contribution in [0.2, 0.25) is 0 Å². The molecule has 0 amide bonds. The number of aryl methyl sites for hydroxylation is 1. The van der Waals surface area contributed by atoms with Crippen LogP contribution in [0.15, 0.2) is 17.6 Å². The number of nitrogens with one attached hydrogen (secondary N) is 1. The minimum atomic E-state index is 0.194. The van der Waals surface area contributed by atoms with Gasteiger partial charge in [0.05, 0.1) is 0 Å². The van der Waals surface area contributed by atoms with E-state index in [0.717, 1.165) is 23.0 Å². The molecule has 0 bridgehead atoms. The maximum absolute atomic E-state index is 4.29. The van der Waals surface area contributed by atoms with Gasteiger partial charge in [-0.2, -0.15) is 0 Å². The van der Waals surface area contributed by atoms with Crippen molar-refractivity contribution in [3.8, 4) is 0 Å². The Labute approximate surface area is 109 Å². The lowest BCUT2D eigenvalue weighted by atomic mass is 10.1. The Morgan fingerprint density at radius 2 is 1.88 bits per heavy atom. The van der Waals surface area contributed by atoms with Crippen LogP contribution < -0.4 is 5.32 Å². The molecular formula is C13H23N3S. The maximum atomic E-state index is 4.29. The van der Waals surface area contributed by atoms with Gasteiger partial charge in [0.1, 0.15) is 0 Å². The number of thioether (sulfide) groups is 1. The summed E-state index contributed by atoms with van der Waals surface area (Å²) in [6, 6.07) is 0. The van der Waals surface area contributed by atoms with Gasteiger partial charge >= 0.3 is 0 Å². The highest BCUT2D eigenvalue weighted by atomic mass is 32.2. The fraction of sp³-hybridized carbons (Fsp3) is 0.692. The van der Waals surface area contributed by atoms with E-state index in [0.29, 0.717) is 5.92 Å². The monoisotopic (exact) mass is 253 g/mol. The minimum absolute atomic E-state index is 0.194. The summed E-state index contributed by atoms with van der Waals surface area (Å²) in [6.45, 7) is 11.9. The van der Waals surface area contributed by atoms with Crippen molar-refractivity contribution in [1.82, 2.24) is 15.3 Å². The van der Waals surface area contributed by atoms with Crippen LogP contribution in [0.1, 0.15) is 33.3 Å². The average Bonchev–Trinajstić information content (AvgIpc) is 2.25. The van der Waals surface area contributed by atoms with Crippen molar-refractivity contribution in [2.75, 3.05) is 12.3 Å². The first kappa shape index (κ1) is 14.5. The van der Waals surface area contributed by atoms with Gasteiger partial charge < -0.3 is 5.32 Å². The Morgan fingerprint density at radius 3 is 2.41 bits per heavy atom. The van der Waals surface area contributed by atoms with Crippen LogP contribution >= 0.6 is 11.8 Å². The molecule has 1 rings (SSSR count). The van der Waals surface area contributed by atoms with Crippen LogP contribution in [0.3, 0.4) is 0 Å². The summed E-state index contributed by atoms with van der Waals surface area (Å²) in [5, 5.41) is 4.39. The Morgan fingerprint density at radius 1 is 1.29 bits per heavy atom. The quantitative estimate of drug-likeness (QED) is 0.647. The zero-order valence-electron chi connectivity index (χ0n) is 11.4. The van der Waals surface area contributed by atoms with Crippen LogP contribution in [-0.4, -0.2) is 27.8 Å². The zero-order chi connectivity index (χ0) is 12.9. The van der Waals surface area contributed by atoms with Crippen LogP contribution in [0.5, 0.6) is 0 Å². The van der Waals surface area contributed by atoms with E-state index in [1.54, 1.807) is 11.8 Å². The van der Waals surface area contributed by atoms with Gasteiger partial charge in [0, 0.05) is 23.7 Å². The molecule has 0 spiro atoms. The summed E-state index contributed by atoms with van der Waals surface area (Å²) in [5.41, 5.74) is 1.30. The average molecular weight is 253 g/mol. The van der Waals surface area contributed by atoms with Gasteiger partial charge in [-0.1, -0.05) is 18.7 Å². The largest absolute Gasteiger partial charge is 0.312 e. The molecule has 0 saturated carbocycles. The van der Waals surface area contributed by atoms with Crippen molar-refractivity contribution in [2.24, 2.45) is 5.92 Å². The normalized spacial score (nSPS) is 13.7. The first-order valence-electron chi connectivity index (χ1n) is 6.03. The molecule has 3 nitrogen and oxygen atoms in total. The van der Waals surface area contributed by atoms with Gasteiger partial charge in [0.25, 0.3) is 0 Å². The first-order valence-corrected chi connectivity index (χ1v) is 7.02. The zero-order valence-corrected chi connectivity index (χ0v) is 12.3. The fourth-order valence-corrected chi connectivity index (χ4v) is 2.02. The molecule has 1 aromatic heterocycles. The van der Waals surface area contributed by atoms with E-state index < -0.39 is 0 Å². The molecule has 1 N–H and O–H groups in total. The molecule has 0 saturated heterocycles. The molecule has 0 aromatic carbocycles. The van der Waals surface area contributed by atoms with E-state index >= 15 is 0 Å². The molecule has 0 aliphatic rings. The Balaban J connectivity index is 2.28. The van der Waals surface area contributed by atoms with Gasteiger partial charge in [-0.3, -0.25) is 0 Å². The molecule has 96 valence electrons. The summed E-state index contributed by atoms with van der Waals surface area (Å²) in [4.78, 5) is 8.58. The summed E-state index contributed by atoms with van der Waals surface area (Å²) in [5.74, 6) is 1.66. The van der Waals surface area contributed by atoms with E-state index in [4.69, 9.17) is 0 Å². The second-order valence-corrected chi connectivity index (χ2v) is 6.58. The highest BCUT2D eigenvalue weighted by Gasteiger charge is 2.11. The highest BCUT2D eigenvalue weighted by molar-refractivity contribution is 7.99. The van der Waals surface area contributed by atoms with Crippen LogP contribution in [0.25, 0.3) is 0 Å². The van der Waals surface area contributed by atoms with E-state index in [1.165, 1.54) is 0 Å². The molecule has 17 heavy (non-hydrogen) atoms. The minimum Gasteiger partial charge on any atom is -0.312 e. The van der Waals surface area contributed by atoms with Crippen molar-refractivity contribution >= 4 is 11.8 Å². The van der Waals surface area contributed by atoms with Crippen LogP contribution in [-0.2, 0) is 0 Å². The van der Waals surface area contributed by atoms with E-state index in [2.05, 4.69) is 43.0 Å². The van der Waals surface area contributed by atoms with Crippen molar-refractivity contribution in [3.63, 3.8) is 0 Å². The second-order valence-electron chi connectivity index (χ2n) is 5.59. The third-order valence-electron chi connectivity index (χ3n) is 2.24. The van der Waals surface area contributed by atoms with Gasteiger partial charge in [0.15, 0.2) is 5.16 Å². The Hall–Kier alpha value is -0.610. The Kier molecular flexibility index (Phi) is 5.40. The molecule has 1 aromatic rings. The topological polar surface area (TPSA) is 37.8 Å². The van der Waals surface area contributed by atoms with E-state index in [9.17, 15) is 0 Å². The summed E-state index contributed by atoms with van der Waals surface area (Å²) in [7, 11) is 0. The fourth-order valence-electron chi connectivity index (χ4n) is 1.21. The number of hydrogen-bond acceptors (Lipinski definition) is 4. The molecule has 0 aliphatic heterocycles. The smallest absolute Gasteiger partial charge is 0.187 e. The molecule has 0 aliphatic carbocycles. The molecule has 1 heterocycles. The predicted octanol–water partition coefficient (Wildman–Crippen LogP) is 2.90. The number of aromatic nitrogens is 2. The molecule has 1 unspecified atom stereocenters.